The van der Waals surface area contributed by atoms with Gasteiger partial charge in [0.2, 0.25) is 11.9 Å². The Morgan fingerprint density at radius 1 is 1.04 bits per heavy atom. The highest BCUT2D eigenvalue weighted by Crippen LogP contribution is 2.29. The molecule has 2 N–H and O–H groups in total. The van der Waals surface area contributed by atoms with Gasteiger partial charge in [-0.15, -0.1) is 0 Å². The van der Waals surface area contributed by atoms with Gasteiger partial charge in [0, 0.05) is 16.4 Å². The predicted molar refractivity (Wildman–Crippen MR) is 112 cm³/mol. The van der Waals surface area contributed by atoms with Crippen molar-refractivity contribution in [2.45, 2.75) is 20.3 Å². The molecule has 0 aliphatic rings. The largest absolute Gasteiger partial charge is 0.324 e. The molecule has 0 unspecified atom stereocenters. The first-order valence-electron chi connectivity index (χ1n) is 8.48. The summed E-state index contributed by atoms with van der Waals surface area (Å²) in [7, 11) is 0. The minimum atomic E-state index is -0.532. The van der Waals surface area contributed by atoms with Gasteiger partial charge in [0.05, 0.1) is 10.6 Å². The fourth-order valence-corrected chi connectivity index (χ4v) is 2.57. The molecule has 9 heteroatoms. The summed E-state index contributed by atoms with van der Waals surface area (Å²) in [4.78, 5) is 12.9. The third-order valence-corrected chi connectivity index (χ3v) is 4.35. The number of anilines is 3. The van der Waals surface area contributed by atoms with Crippen LogP contribution in [0.3, 0.4) is 0 Å². The van der Waals surface area contributed by atoms with Crippen LogP contribution in [0.2, 0.25) is 10.0 Å². The molecule has 28 heavy (non-hydrogen) atoms. The van der Waals surface area contributed by atoms with Gasteiger partial charge < -0.3 is 5.32 Å². The second-order valence-corrected chi connectivity index (χ2v) is 6.69. The third kappa shape index (κ3) is 4.94. The Bertz CT molecular complexity index is 988. The number of hydrogen-bond donors (Lipinski definition) is 2. The van der Waals surface area contributed by atoms with Gasteiger partial charge in [0.15, 0.2) is 5.82 Å². The van der Waals surface area contributed by atoms with Crippen LogP contribution in [0.1, 0.15) is 20.3 Å². The Labute approximate surface area is 171 Å². The van der Waals surface area contributed by atoms with Crippen molar-refractivity contribution in [2.24, 2.45) is 5.10 Å². The van der Waals surface area contributed by atoms with Crippen LogP contribution >= 0.6 is 23.2 Å². The molecule has 144 valence electrons. The molecule has 0 aliphatic carbocycles. The average Bonchev–Trinajstić information content (AvgIpc) is 2.68. The van der Waals surface area contributed by atoms with E-state index in [0.717, 1.165) is 12.1 Å². The summed E-state index contributed by atoms with van der Waals surface area (Å²) in [5, 5.41) is 8.04. The van der Waals surface area contributed by atoms with Crippen molar-refractivity contribution in [1.82, 2.24) is 15.0 Å². The first-order valence-corrected chi connectivity index (χ1v) is 9.24. The fraction of sp³-hybridized carbons (Fsp3) is 0.158. The van der Waals surface area contributed by atoms with Crippen molar-refractivity contribution >= 4 is 46.5 Å². The lowest BCUT2D eigenvalue weighted by molar-refractivity contribution is 0.630. The maximum atomic E-state index is 14.4. The minimum absolute atomic E-state index is 0.0846. The second kappa shape index (κ2) is 8.95. The van der Waals surface area contributed by atoms with E-state index in [4.69, 9.17) is 23.2 Å². The van der Waals surface area contributed by atoms with Gasteiger partial charge in [-0.25, -0.2) is 9.82 Å². The number of aromatic nitrogens is 3. The van der Waals surface area contributed by atoms with Crippen LogP contribution in [0.4, 0.5) is 22.0 Å². The zero-order valence-corrected chi connectivity index (χ0v) is 16.7. The highest BCUT2D eigenvalue weighted by atomic mass is 35.5. The molecule has 3 rings (SSSR count). The van der Waals surface area contributed by atoms with E-state index in [-0.39, 0.29) is 28.3 Å². The summed E-state index contributed by atoms with van der Waals surface area (Å²) >= 11 is 12.1. The maximum Gasteiger partial charge on any atom is 0.248 e. The Hall–Kier alpha value is -2.77. The summed E-state index contributed by atoms with van der Waals surface area (Å²) in [5.74, 6) is -0.0798. The van der Waals surface area contributed by atoms with E-state index < -0.39 is 5.82 Å². The molecular weight excluding hydrogens is 402 g/mol. The highest BCUT2D eigenvalue weighted by Gasteiger charge is 2.16. The number of rotatable bonds is 6. The number of nitrogens with zero attached hydrogens (tertiary/aromatic N) is 4. The average molecular weight is 419 g/mol. The van der Waals surface area contributed by atoms with Crippen molar-refractivity contribution in [3.63, 3.8) is 0 Å². The molecule has 0 bridgehead atoms. The van der Waals surface area contributed by atoms with Crippen LogP contribution in [0.5, 0.6) is 0 Å². The Morgan fingerprint density at radius 3 is 2.43 bits per heavy atom. The second-order valence-electron chi connectivity index (χ2n) is 5.85. The standard InChI is InChI=1S/C19H17Cl2FN6/c1-3-11(2)27-28-19-25-17(16-14(21)5-4-6-15(16)22)24-18(26-19)23-13-9-7-12(20)8-10-13/h4-10H,3H2,1-2H3,(H2,23,24,25,26,28). The lowest BCUT2D eigenvalue weighted by atomic mass is 10.2. The molecule has 0 fully saturated rings. The Kier molecular flexibility index (Phi) is 6.38. The molecular formula is C19H17Cl2FN6. The van der Waals surface area contributed by atoms with Gasteiger partial charge in [0.25, 0.3) is 0 Å². The van der Waals surface area contributed by atoms with Crippen LogP contribution in [0.15, 0.2) is 47.6 Å². The van der Waals surface area contributed by atoms with Crippen molar-refractivity contribution in [3.05, 3.63) is 58.3 Å². The number of nitrogens with one attached hydrogen (secondary N) is 2. The van der Waals surface area contributed by atoms with E-state index >= 15 is 0 Å². The van der Waals surface area contributed by atoms with E-state index in [1.807, 2.05) is 13.8 Å². The maximum absolute atomic E-state index is 14.4. The van der Waals surface area contributed by atoms with E-state index in [1.54, 1.807) is 30.3 Å². The van der Waals surface area contributed by atoms with Crippen LogP contribution < -0.4 is 10.7 Å². The van der Waals surface area contributed by atoms with Gasteiger partial charge in [-0.05, 0) is 49.7 Å². The van der Waals surface area contributed by atoms with E-state index in [2.05, 4.69) is 30.8 Å². The van der Waals surface area contributed by atoms with Gasteiger partial charge in [-0.1, -0.05) is 36.2 Å². The molecule has 3 aromatic rings. The molecule has 0 amide bonds. The monoisotopic (exact) mass is 418 g/mol. The predicted octanol–water partition coefficient (Wildman–Crippen LogP) is 5.93. The van der Waals surface area contributed by atoms with Gasteiger partial charge >= 0.3 is 0 Å². The number of halogens is 3. The summed E-state index contributed by atoms with van der Waals surface area (Å²) in [5.41, 5.74) is 4.43. The summed E-state index contributed by atoms with van der Waals surface area (Å²) < 4.78 is 14.4. The van der Waals surface area contributed by atoms with Crippen molar-refractivity contribution in [2.75, 3.05) is 10.7 Å². The molecule has 0 atom stereocenters. The van der Waals surface area contributed by atoms with Crippen LogP contribution in [0, 0.1) is 5.82 Å². The first-order chi connectivity index (χ1) is 13.5. The van der Waals surface area contributed by atoms with Crippen molar-refractivity contribution in [1.29, 1.82) is 0 Å². The molecule has 0 saturated carbocycles. The number of hydrogen-bond acceptors (Lipinski definition) is 6. The molecule has 0 radical (unpaired) electrons. The van der Waals surface area contributed by atoms with Gasteiger partial charge in [-0.2, -0.15) is 20.1 Å². The first kappa shape index (κ1) is 20.0. The molecule has 2 aromatic carbocycles. The normalized spacial score (nSPS) is 11.4. The fourth-order valence-electron chi connectivity index (χ4n) is 2.19. The van der Waals surface area contributed by atoms with Crippen molar-refractivity contribution in [3.8, 4) is 11.4 Å². The van der Waals surface area contributed by atoms with E-state index in [1.165, 1.54) is 12.1 Å². The topological polar surface area (TPSA) is 75.1 Å². The molecule has 0 spiro atoms. The molecule has 0 saturated heterocycles. The van der Waals surface area contributed by atoms with Crippen LogP contribution in [-0.2, 0) is 0 Å². The summed E-state index contributed by atoms with van der Waals surface area (Å²) in [6, 6.07) is 11.4. The molecule has 1 heterocycles. The lowest BCUT2D eigenvalue weighted by Gasteiger charge is -2.10. The van der Waals surface area contributed by atoms with Crippen LogP contribution in [0.25, 0.3) is 11.4 Å². The molecule has 1 aromatic heterocycles. The minimum Gasteiger partial charge on any atom is -0.324 e. The highest BCUT2D eigenvalue weighted by molar-refractivity contribution is 6.33. The zero-order valence-electron chi connectivity index (χ0n) is 15.2. The zero-order chi connectivity index (χ0) is 20.1. The molecule has 6 nitrogen and oxygen atoms in total. The Balaban J connectivity index is 2.04. The van der Waals surface area contributed by atoms with Crippen LogP contribution in [-0.4, -0.2) is 20.7 Å². The number of hydrazone groups is 1. The van der Waals surface area contributed by atoms with E-state index in [0.29, 0.717) is 10.7 Å². The van der Waals surface area contributed by atoms with Crippen molar-refractivity contribution < 1.29 is 4.39 Å². The lowest BCUT2D eigenvalue weighted by Crippen LogP contribution is -2.07. The Morgan fingerprint density at radius 2 is 1.75 bits per heavy atom. The smallest absolute Gasteiger partial charge is 0.248 e. The molecule has 0 aliphatic heterocycles. The third-order valence-electron chi connectivity index (χ3n) is 3.78. The van der Waals surface area contributed by atoms with Gasteiger partial charge in [0.1, 0.15) is 5.82 Å². The summed E-state index contributed by atoms with van der Waals surface area (Å²) in [6.07, 6.45) is 0.764. The quantitative estimate of drug-likeness (QED) is 0.383. The van der Waals surface area contributed by atoms with E-state index in [9.17, 15) is 4.39 Å². The summed E-state index contributed by atoms with van der Waals surface area (Å²) in [6.45, 7) is 3.85. The van der Waals surface area contributed by atoms with Gasteiger partial charge in [-0.3, -0.25) is 0 Å². The number of benzene rings is 2. The SMILES string of the molecule is CCC(C)=NNc1nc(Nc2ccc(Cl)cc2)nc(-c2c(F)cccc2Cl)n1.